The number of ether oxygens (including phenoxy) is 4. The van der Waals surface area contributed by atoms with Gasteiger partial charge in [0.15, 0.2) is 11.4 Å². The highest BCUT2D eigenvalue weighted by Crippen LogP contribution is 2.64. The molecule has 2 bridgehead atoms. The summed E-state index contributed by atoms with van der Waals surface area (Å²) < 4.78 is 24.1. The first-order valence-electron chi connectivity index (χ1n) is 14.2. The zero-order valence-electron chi connectivity index (χ0n) is 24.4. The van der Waals surface area contributed by atoms with E-state index in [0.29, 0.717) is 11.1 Å². The van der Waals surface area contributed by atoms with E-state index < -0.39 is 76.2 Å². The fraction of sp³-hybridized carbons (Fsp3) is 0.645. The number of carbonyl (C=O) groups excluding carboxylic acids is 3. The number of fused-ring (bicyclic) bond motifs is 5. The second-order valence-electron chi connectivity index (χ2n) is 12.6. The normalized spacial score (nSPS) is 41.2. The number of esters is 2. The average Bonchev–Trinajstić information content (AvgIpc) is 2.91. The number of carbonyl (C=O) groups is 3. The highest BCUT2D eigenvalue weighted by atomic mass is 16.6. The third-order valence-electron chi connectivity index (χ3n) is 10.3. The van der Waals surface area contributed by atoms with Crippen molar-refractivity contribution in [3.8, 4) is 0 Å². The van der Waals surface area contributed by atoms with E-state index in [1.54, 1.807) is 65.0 Å². The molecule has 3 aliphatic carbocycles. The van der Waals surface area contributed by atoms with E-state index in [0.717, 1.165) is 0 Å². The summed E-state index contributed by atoms with van der Waals surface area (Å²) in [5, 5.41) is 35.9. The van der Waals surface area contributed by atoms with Crippen molar-refractivity contribution in [2.45, 2.75) is 96.1 Å². The molecule has 1 aromatic rings. The van der Waals surface area contributed by atoms with Crippen molar-refractivity contribution in [2.75, 3.05) is 13.2 Å². The Hall–Kier alpha value is -2.63. The predicted molar refractivity (Wildman–Crippen MR) is 145 cm³/mol. The molecule has 3 fully saturated rings. The number of hydrogen-bond donors (Lipinski definition) is 3. The molecule has 1 heterocycles. The number of benzene rings is 1. The standard InChI is InChI=1S/C31H40O10/c1-7-38-23-22-16(2)19(33)14-31(37,28(22,4)5)26(40-27(36)18-11-9-8-10-12-18)24-29(6,25(23)35)20(34)13-21-30(24,15-39-21)41-17(3)32/h8-12,19-21,23-24,26,33-34,37H,7,13-15H2,1-6H3/t19-,20-,21+,23+,24-,26-,29+,30-,31+/m0/s1. The van der Waals surface area contributed by atoms with Crippen LogP contribution in [-0.2, 0) is 28.5 Å². The van der Waals surface area contributed by atoms with Crippen molar-refractivity contribution in [3.63, 3.8) is 0 Å². The van der Waals surface area contributed by atoms with Gasteiger partial charge in [0.05, 0.1) is 35.7 Å². The molecule has 41 heavy (non-hydrogen) atoms. The lowest BCUT2D eigenvalue weighted by molar-refractivity contribution is -0.346. The zero-order valence-corrected chi connectivity index (χ0v) is 24.4. The first kappa shape index (κ1) is 29.8. The maximum Gasteiger partial charge on any atom is 0.338 e. The maximum atomic E-state index is 14.8. The summed E-state index contributed by atoms with van der Waals surface area (Å²) in [7, 11) is 0. The molecule has 3 N–H and O–H groups in total. The number of rotatable bonds is 5. The van der Waals surface area contributed by atoms with Crippen molar-refractivity contribution >= 4 is 17.7 Å². The lowest BCUT2D eigenvalue weighted by atomic mass is 9.44. The molecule has 0 amide bonds. The molecule has 10 heteroatoms. The molecule has 1 aliphatic heterocycles. The van der Waals surface area contributed by atoms with E-state index in [1.807, 2.05) is 0 Å². The first-order valence-corrected chi connectivity index (χ1v) is 14.2. The third-order valence-corrected chi connectivity index (χ3v) is 10.3. The van der Waals surface area contributed by atoms with E-state index in [4.69, 9.17) is 18.9 Å². The van der Waals surface area contributed by atoms with E-state index >= 15 is 0 Å². The van der Waals surface area contributed by atoms with Crippen molar-refractivity contribution in [1.29, 1.82) is 0 Å². The number of Topliss-reactive ketones (excluding diaryl/α,β-unsaturated/α-hetero) is 1. The van der Waals surface area contributed by atoms with Gasteiger partial charge in [-0.15, -0.1) is 0 Å². The zero-order chi connectivity index (χ0) is 30.1. The van der Waals surface area contributed by atoms with Crippen LogP contribution in [-0.4, -0.2) is 88.0 Å². The van der Waals surface area contributed by atoms with Gasteiger partial charge in [-0.1, -0.05) is 32.0 Å². The Labute approximate surface area is 239 Å². The van der Waals surface area contributed by atoms with Crippen molar-refractivity contribution in [2.24, 2.45) is 16.7 Å². The Bertz CT molecular complexity index is 1270. The Morgan fingerprint density at radius 3 is 2.34 bits per heavy atom. The Balaban J connectivity index is 1.83. The first-order chi connectivity index (χ1) is 19.2. The second-order valence-corrected chi connectivity index (χ2v) is 12.6. The molecular weight excluding hydrogens is 532 g/mol. The monoisotopic (exact) mass is 572 g/mol. The molecule has 0 unspecified atom stereocenters. The summed E-state index contributed by atoms with van der Waals surface area (Å²) in [5.41, 5.74) is -5.40. The average molecular weight is 573 g/mol. The van der Waals surface area contributed by atoms with Crippen LogP contribution < -0.4 is 0 Å². The SMILES string of the molecule is CCO[C@H]1C(=O)[C@@]2(C)[C@H]([C@H](OC(=O)c3ccccc3)[C@]3(O)C[C@H](O)C(C)=C1C3(C)C)[C@]1(OC(C)=O)CO[C@@H]1C[C@@H]2O. The molecule has 4 aliphatic rings. The largest absolute Gasteiger partial charge is 0.455 e. The van der Waals surface area contributed by atoms with Crippen LogP contribution in [0.2, 0.25) is 0 Å². The van der Waals surface area contributed by atoms with Crippen LogP contribution in [0, 0.1) is 16.7 Å². The highest BCUT2D eigenvalue weighted by molar-refractivity contribution is 5.94. The minimum atomic E-state index is -1.99. The van der Waals surface area contributed by atoms with Gasteiger partial charge in [-0.3, -0.25) is 9.59 Å². The summed E-state index contributed by atoms with van der Waals surface area (Å²) in [4.78, 5) is 41.1. The van der Waals surface area contributed by atoms with E-state index in [2.05, 4.69) is 0 Å². The third kappa shape index (κ3) is 4.06. The smallest absolute Gasteiger partial charge is 0.338 e. The van der Waals surface area contributed by atoms with Crippen LogP contribution >= 0.6 is 0 Å². The van der Waals surface area contributed by atoms with Crippen LogP contribution in [0.5, 0.6) is 0 Å². The molecule has 224 valence electrons. The molecule has 10 nitrogen and oxygen atoms in total. The van der Waals surface area contributed by atoms with Gasteiger partial charge in [0.2, 0.25) is 0 Å². The van der Waals surface area contributed by atoms with Gasteiger partial charge in [0.1, 0.15) is 23.9 Å². The summed E-state index contributed by atoms with van der Waals surface area (Å²) in [5.74, 6) is -3.17. The van der Waals surface area contributed by atoms with Crippen LogP contribution in [0.25, 0.3) is 0 Å². The predicted octanol–water partition coefficient (Wildman–Crippen LogP) is 2.13. The van der Waals surface area contributed by atoms with Crippen molar-refractivity contribution in [3.05, 3.63) is 47.0 Å². The van der Waals surface area contributed by atoms with Crippen LogP contribution in [0.4, 0.5) is 0 Å². The maximum absolute atomic E-state index is 14.8. The number of hydrogen-bond acceptors (Lipinski definition) is 10. The summed E-state index contributed by atoms with van der Waals surface area (Å²) >= 11 is 0. The molecule has 9 atom stereocenters. The topological polar surface area (TPSA) is 149 Å². The number of aliphatic hydroxyl groups excluding tert-OH is 2. The minimum Gasteiger partial charge on any atom is -0.455 e. The van der Waals surface area contributed by atoms with Crippen LogP contribution in [0.1, 0.15) is 64.7 Å². The molecule has 0 radical (unpaired) electrons. The van der Waals surface area contributed by atoms with Crippen molar-refractivity contribution < 1.29 is 48.7 Å². The van der Waals surface area contributed by atoms with E-state index in [9.17, 15) is 29.7 Å². The minimum absolute atomic E-state index is 0.0211. The quantitative estimate of drug-likeness (QED) is 0.354. The summed E-state index contributed by atoms with van der Waals surface area (Å²) in [6.07, 6.45) is -6.31. The van der Waals surface area contributed by atoms with Gasteiger partial charge in [0, 0.05) is 31.8 Å². The fourth-order valence-corrected chi connectivity index (χ4v) is 7.95. The molecule has 1 saturated heterocycles. The van der Waals surface area contributed by atoms with Crippen LogP contribution in [0.15, 0.2) is 41.5 Å². The van der Waals surface area contributed by atoms with E-state index in [-0.39, 0.29) is 31.6 Å². The van der Waals surface area contributed by atoms with Gasteiger partial charge in [-0.05, 0) is 44.1 Å². The van der Waals surface area contributed by atoms with Crippen molar-refractivity contribution in [1.82, 2.24) is 0 Å². The lowest BCUT2D eigenvalue weighted by Gasteiger charge is -2.67. The number of ketones is 1. The Morgan fingerprint density at radius 2 is 1.78 bits per heavy atom. The molecule has 2 saturated carbocycles. The van der Waals surface area contributed by atoms with Gasteiger partial charge in [0.25, 0.3) is 0 Å². The Kier molecular flexibility index (Phi) is 7.27. The highest BCUT2D eigenvalue weighted by Gasteiger charge is 2.78. The molecule has 0 spiro atoms. The molecular formula is C31H40O10. The van der Waals surface area contributed by atoms with Gasteiger partial charge in [-0.2, -0.15) is 0 Å². The summed E-state index contributed by atoms with van der Waals surface area (Å²) in [6.45, 7) is 9.70. The molecule has 1 aromatic carbocycles. The van der Waals surface area contributed by atoms with Gasteiger partial charge >= 0.3 is 11.9 Å². The Morgan fingerprint density at radius 1 is 1.12 bits per heavy atom. The second kappa shape index (κ2) is 9.98. The van der Waals surface area contributed by atoms with E-state index in [1.165, 1.54) is 6.92 Å². The molecule has 5 rings (SSSR count). The van der Waals surface area contributed by atoms with Gasteiger partial charge < -0.3 is 34.3 Å². The fourth-order valence-electron chi connectivity index (χ4n) is 7.95. The van der Waals surface area contributed by atoms with Crippen LogP contribution in [0.3, 0.4) is 0 Å². The summed E-state index contributed by atoms with van der Waals surface area (Å²) in [6, 6.07) is 8.21. The lowest BCUT2D eigenvalue weighted by Crippen LogP contribution is -2.81. The number of aliphatic hydroxyl groups is 3. The molecule has 0 aromatic heterocycles. The van der Waals surface area contributed by atoms with Gasteiger partial charge in [-0.25, -0.2) is 4.79 Å².